The van der Waals surface area contributed by atoms with E-state index in [0.717, 1.165) is 0 Å². The number of aliphatic carboxylic acids is 1. The predicted molar refractivity (Wildman–Crippen MR) is 75.9 cm³/mol. The average Bonchev–Trinajstić information content (AvgIpc) is 2.96. The number of carboxylic acids is 1. The van der Waals surface area contributed by atoms with E-state index in [1.165, 1.54) is 11.2 Å². The number of ether oxygens (including phenoxy) is 1. The lowest BCUT2D eigenvalue weighted by molar-refractivity contribution is -0.141. The number of amides is 2. The maximum atomic E-state index is 12.1. The number of furan rings is 1. The molecular weight excluding hydrogens is 276 g/mol. The second kappa shape index (κ2) is 8.31. The van der Waals surface area contributed by atoms with E-state index in [9.17, 15) is 9.59 Å². The van der Waals surface area contributed by atoms with Crippen LogP contribution in [0.15, 0.2) is 22.8 Å². The monoisotopic (exact) mass is 298 g/mol. The third-order valence-electron chi connectivity index (χ3n) is 3.11. The Kier molecular flexibility index (Phi) is 6.74. The van der Waals surface area contributed by atoms with Gasteiger partial charge in [0.15, 0.2) is 0 Å². The Morgan fingerprint density at radius 1 is 1.52 bits per heavy atom. The zero-order valence-electron chi connectivity index (χ0n) is 12.5. The Balaban J connectivity index is 2.61. The standard InChI is InChI=1S/C14H22N2O5/c1-10(13(17)18)9-16(2)14(19)15-11(6-8-20-3)12-5-4-7-21-12/h4-5,7,10-11H,6,8-9H2,1-3H3,(H,15,19)(H,17,18). The molecule has 0 saturated heterocycles. The molecule has 0 bridgehead atoms. The van der Waals surface area contributed by atoms with Gasteiger partial charge in [0.25, 0.3) is 0 Å². The fraction of sp³-hybridized carbons (Fsp3) is 0.571. The number of nitrogens with one attached hydrogen (secondary N) is 1. The van der Waals surface area contributed by atoms with Crippen LogP contribution in [0.25, 0.3) is 0 Å². The number of carboxylic acid groups (broad SMARTS) is 1. The van der Waals surface area contributed by atoms with E-state index in [2.05, 4.69) is 5.32 Å². The van der Waals surface area contributed by atoms with Crippen LogP contribution in [-0.2, 0) is 9.53 Å². The molecule has 7 heteroatoms. The number of rotatable bonds is 8. The number of methoxy groups -OCH3 is 1. The first-order valence-electron chi connectivity index (χ1n) is 6.72. The lowest BCUT2D eigenvalue weighted by Gasteiger charge is -2.23. The van der Waals surface area contributed by atoms with Gasteiger partial charge < -0.3 is 24.5 Å². The second-order valence-electron chi connectivity index (χ2n) is 4.92. The van der Waals surface area contributed by atoms with Crippen molar-refractivity contribution in [3.8, 4) is 0 Å². The molecule has 0 aromatic carbocycles. The van der Waals surface area contributed by atoms with E-state index < -0.39 is 11.9 Å². The van der Waals surface area contributed by atoms with Crippen molar-refractivity contribution < 1.29 is 23.8 Å². The maximum Gasteiger partial charge on any atom is 0.317 e. The number of carbonyl (C=O) groups is 2. The molecule has 21 heavy (non-hydrogen) atoms. The first kappa shape index (κ1) is 17.0. The molecule has 0 spiro atoms. The molecule has 2 amide bonds. The van der Waals surface area contributed by atoms with Gasteiger partial charge in [-0.2, -0.15) is 0 Å². The summed E-state index contributed by atoms with van der Waals surface area (Å²) in [5.41, 5.74) is 0. The van der Waals surface area contributed by atoms with Crippen molar-refractivity contribution >= 4 is 12.0 Å². The third-order valence-corrected chi connectivity index (χ3v) is 3.11. The van der Waals surface area contributed by atoms with Crippen LogP contribution < -0.4 is 5.32 Å². The van der Waals surface area contributed by atoms with E-state index in [1.54, 1.807) is 33.2 Å². The Labute approximate surface area is 123 Å². The number of hydrogen-bond acceptors (Lipinski definition) is 4. The number of nitrogens with zero attached hydrogens (tertiary/aromatic N) is 1. The summed E-state index contributed by atoms with van der Waals surface area (Å²) in [6.07, 6.45) is 2.11. The fourth-order valence-corrected chi connectivity index (χ4v) is 1.84. The Hall–Kier alpha value is -2.02. The van der Waals surface area contributed by atoms with Gasteiger partial charge >= 0.3 is 12.0 Å². The Morgan fingerprint density at radius 3 is 2.76 bits per heavy atom. The van der Waals surface area contributed by atoms with Crippen molar-refractivity contribution in [1.29, 1.82) is 0 Å². The molecule has 1 heterocycles. The Morgan fingerprint density at radius 2 is 2.24 bits per heavy atom. The van der Waals surface area contributed by atoms with Crippen molar-refractivity contribution in [1.82, 2.24) is 10.2 Å². The molecule has 1 aromatic heterocycles. The van der Waals surface area contributed by atoms with Gasteiger partial charge in [-0.15, -0.1) is 0 Å². The number of hydrogen-bond donors (Lipinski definition) is 2. The topological polar surface area (TPSA) is 92.0 Å². The van der Waals surface area contributed by atoms with Crippen LogP contribution in [0.1, 0.15) is 25.1 Å². The highest BCUT2D eigenvalue weighted by Gasteiger charge is 2.21. The smallest absolute Gasteiger partial charge is 0.317 e. The van der Waals surface area contributed by atoms with Crippen LogP contribution in [0.4, 0.5) is 4.79 Å². The summed E-state index contributed by atoms with van der Waals surface area (Å²) < 4.78 is 10.3. The van der Waals surface area contributed by atoms with Gasteiger partial charge in [-0.1, -0.05) is 6.92 Å². The van der Waals surface area contributed by atoms with Crippen LogP contribution >= 0.6 is 0 Å². The molecule has 2 atom stereocenters. The summed E-state index contributed by atoms with van der Waals surface area (Å²) in [7, 11) is 3.14. The molecule has 0 saturated carbocycles. The maximum absolute atomic E-state index is 12.1. The summed E-state index contributed by atoms with van der Waals surface area (Å²) in [6, 6.07) is 2.87. The van der Waals surface area contributed by atoms with E-state index in [-0.39, 0.29) is 18.6 Å². The zero-order valence-corrected chi connectivity index (χ0v) is 12.5. The molecule has 0 fully saturated rings. The summed E-state index contributed by atoms with van der Waals surface area (Å²) >= 11 is 0. The fourth-order valence-electron chi connectivity index (χ4n) is 1.84. The van der Waals surface area contributed by atoms with Crippen LogP contribution in [-0.4, -0.2) is 49.3 Å². The highest BCUT2D eigenvalue weighted by atomic mass is 16.5. The summed E-state index contributed by atoms with van der Waals surface area (Å²) in [5.74, 6) is -0.918. The van der Waals surface area contributed by atoms with E-state index in [1.807, 2.05) is 0 Å². The first-order valence-corrected chi connectivity index (χ1v) is 6.72. The van der Waals surface area contributed by atoms with E-state index in [0.29, 0.717) is 18.8 Å². The number of urea groups is 1. The highest BCUT2D eigenvalue weighted by Crippen LogP contribution is 2.17. The van der Waals surface area contributed by atoms with Gasteiger partial charge in [0.05, 0.1) is 18.2 Å². The lowest BCUT2D eigenvalue weighted by Crippen LogP contribution is -2.42. The molecule has 2 N–H and O–H groups in total. The Bertz CT molecular complexity index is 446. The lowest BCUT2D eigenvalue weighted by atomic mass is 10.1. The van der Waals surface area contributed by atoms with E-state index in [4.69, 9.17) is 14.3 Å². The van der Waals surface area contributed by atoms with Crippen LogP contribution in [0.3, 0.4) is 0 Å². The first-order chi connectivity index (χ1) is 9.95. The van der Waals surface area contributed by atoms with Gasteiger partial charge in [0.2, 0.25) is 0 Å². The second-order valence-corrected chi connectivity index (χ2v) is 4.92. The molecule has 7 nitrogen and oxygen atoms in total. The quantitative estimate of drug-likeness (QED) is 0.762. The van der Waals surface area contributed by atoms with Gasteiger partial charge in [-0.05, 0) is 18.6 Å². The molecule has 0 aliphatic carbocycles. The minimum atomic E-state index is -0.934. The normalized spacial score (nSPS) is 13.5. The molecular formula is C14H22N2O5. The van der Waals surface area contributed by atoms with Crippen molar-refractivity contribution in [3.63, 3.8) is 0 Å². The minimum absolute atomic E-state index is 0.135. The van der Waals surface area contributed by atoms with Crippen LogP contribution in [0.2, 0.25) is 0 Å². The van der Waals surface area contributed by atoms with Crippen LogP contribution in [0.5, 0.6) is 0 Å². The van der Waals surface area contributed by atoms with Crippen molar-refractivity contribution in [3.05, 3.63) is 24.2 Å². The molecule has 0 aliphatic heterocycles. The highest BCUT2D eigenvalue weighted by molar-refractivity contribution is 5.76. The molecule has 1 aromatic rings. The molecule has 0 aliphatic rings. The summed E-state index contributed by atoms with van der Waals surface area (Å²) in [6.45, 7) is 2.16. The third kappa shape index (κ3) is 5.47. The zero-order chi connectivity index (χ0) is 15.8. The van der Waals surface area contributed by atoms with Gasteiger partial charge in [-0.3, -0.25) is 4.79 Å². The van der Waals surface area contributed by atoms with Gasteiger partial charge in [0.1, 0.15) is 5.76 Å². The molecule has 2 unspecified atom stereocenters. The van der Waals surface area contributed by atoms with Gasteiger partial charge in [0, 0.05) is 27.3 Å². The molecule has 118 valence electrons. The van der Waals surface area contributed by atoms with Crippen molar-refractivity contribution in [2.24, 2.45) is 5.92 Å². The minimum Gasteiger partial charge on any atom is -0.481 e. The molecule has 0 radical (unpaired) electrons. The predicted octanol–water partition coefficient (Wildman–Crippen LogP) is 1.72. The number of carbonyl (C=O) groups excluding carboxylic acids is 1. The summed E-state index contributed by atoms with van der Waals surface area (Å²) in [4.78, 5) is 24.3. The van der Waals surface area contributed by atoms with Gasteiger partial charge in [-0.25, -0.2) is 4.79 Å². The van der Waals surface area contributed by atoms with Crippen molar-refractivity contribution in [2.45, 2.75) is 19.4 Å². The average molecular weight is 298 g/mol. The van der Waals surface area contributed by atoms with Crippen molar-refractivity contribution in [2.75, 3.05) is 27.3 Å². The van der Waals surface area contributed by atoms with Crippen LogP contribution in [0, 0.1) is 5.92 Å². The largest absolute Gasteiger partial charge is 0.481 e. The van der Waals surface area contributed by atoms with E-state index >= 15 is 0 Å². The molecule has 1 rings (SSSR count). The SMILES string of the molecule is COCCC(NC(=O)N(C)CC(C)C(=O)O)c1ccco1. The summed E-state index contributed by atoms with van der Waals surface area (Å²) in [5, 5.41) is 11.7.